The van der Waals surface area contributed by atoms with Gasteiger partial charge in [-0.25, -0.2) is 4.39 Å². The fourth-order valence-electron chi connectivity index (χ4n) is 5.76. The molecule has 1 aromatic carbocycles. The molecule has 4 unspecified atom stereocenters. The van der Waals surface area contributed by atoms with E-state index in [1.54, 1.807) is 13.1 Å². The van der Waals surface area contributed by atoms with Gasteiger partial charge in [-0.15, -0.1) is 36.2 Å². The first-order valence-electron chi connectivity index (χ1n) is 12.1. The number of rotatable bonds is 5. The number of alkyl halides is 1. The van der Waals surface area contributed by atoms with Crippen LogP contribution in [-0.2, 0) is 16.1 Å². The molecule has 38 heavy (non-hydrogen) atoms. The van der Waals surface area contributed by atoms with Gasteiger partial charge in [-0.1, -0.05) is 25.4 Å². The van der Waals surface area contributed by atoms with Crippen molar-refractivity contribution in [3.8, 4) is 16.9 Å². The van der Waals surface area contributed by atoms with Crippen LogP contribution in [0.1, 0.15) is 31.2 Å². The molecule has 11 heteroatoms. The van der Waals surface area contributed by atoms with Gasteiger partial charge in [0, 0.05) is 40.3 Å². The van der Waals surface area contributed by atoms with Gasteiger partial charge < -0.3 is 10.1 Å². The van der Waals surface area contributed by atoms with E-state index in [0.29, 0.717) is 17.3 Å². The fourth-order valence-corrected chi connectivity index (χ4v) is 7.16. The molecular weight excluding hydrogens is 572 g/mol. The first kappa shape index (κ1) is 29.0. The molecule has 1 aliphatic carbocycles. The third-order valence-corrected chi connectivity index (χ3v) is 9.29. The summed E-state index contributed by atoms with van der Waals surface area (Å²) in [5, 5.41) is 3.62. The van der Waals surface area contributed by atoms with Crippen molar-refractivity contribution in [2.45, 2.75) is 46.0 Å². The van der Waals surface area contributed by atoms with Gasteiger partial charge in [-0.05, 0) is 49.1 Å². The predicted molar refractivity (Wildman–Crippen MR) is 152 cm³/mol. The summed E-state index contributed by atoms with van der Waals surface area (Å²) in [6.45, 7) is 8.30. The van der Waals surface area contributed by atoms with E-state index in [1.165, 1.54) is 16.2 Å². The summed E-state index contributed by atoms with van der Waals surface area (Å²) >= 11 is 7.95. The van der Waals surface area contributed by atoms with Gasteiger partial charge in [0.1, 0.15) is 11.9 Å². The van der Waals surface area contributed by atoms with E-state index in [1.807, 2.05) is 45.0 Å². The van der Waals surface area contributed by atoms with E-state index >= 15 is 4.39 Å². The summed E-state index contributed by atoms with van der Waals surface area (Å²) in [7, 11) is 0. The average Bonchev–Trinajstić information content (AvgIpc) is 3.11. The highest BCUT2D eigenvalue weighted by molar-refractivity contribution is 7.19. The molecule has 2 aromatic heterocycles. The number of imide groups is 1. The van der Waals surface area contributed by atoms with E-state index < -0.39 is 11.8 Å². The Labute approximate surface area is 242 Å². The van der Waals surface area contributed by atoms with Crippen molar-refractivity contribution in [2.24, 2.45) is 17.3 Å². The minimum atomic E-state index is -1.49. The maximum atomic E-state index is 15.0. The number of hydrogen-bond acceptors (Lipinski definition) is 6. The highest BCUT2D eigenvalue weighted by atomic mass is 35.5. The van der Waals surface area contributed by atoms with Crippen LogP contribution in [0.2, 0.25) is 5.02 Å². The van der Waals surface area contributed by atoms with Crippen LogP contribution in [0.5, 0.6) is 5.75 Å². The zero-order chi connectivity index (χ0) is 25.6. The number of piperidine rings is 1. The first-order valence-corrected chi connectivity index (χ1v) is 13.3. The van der Waals surface area contributed by atoms with Crippen LogP contribution in [0.25, 0.3) is 21.3 Å². The molecule has 2 amide bonds. The van der Waals surface area contributed by atoms with Crippen molar-refractivity contribution in [1.82, 2.24) is 15.2 Å². The Hall–Kier alpha value is -1.97. The number of likely N-dealkylation sites (tertiary alicyclic amines) is 1. The smallest absolute Gasteiger partial charge is 0.234 e. The second kappa shape index (κ2) is 9.89. The number of fused-ring (bicyclic) bond motifs is 2. The molecule has 4 heterocycles. The minimum Gasteiger partial charge on any atom is -0.485 e. The highest BCUT2D eigenvalue weighted by Crippen LogP contribution is 2.63. The number of hydrogen-bond donors (Lipinski definition) is 1. The number of benzene rings is 1. The number of halogens is 4. The second-order valence-electron chi connectivity index (χ2n) is 10.9. The normalized spacial score (nSPS) is 27.2. The number of nitrogens with zero attached hydrogens (tertiary/aromatic N) is 2. The lowest BCUT2D eigenvalue weighted by Crippen LogP contribution is -2.38. The molecule has 1 N–H and O–H groups in total. The summed E-state index contributed by atoms with van der Waals surface area (Å²) in [6, 6.07) is 7.47. The maximum absolute atomic E-state index is 15.0. The van der Waals surface area contributed by atoms with Gasteiger partial charge in [0.15, 0.2) is 5.67 Å². The average molecular weight is 601 g/mol. The van der Waals surface area contributed by atoms with Gasteiger partial charge in [0.05, 0.1) is 28.6 Å². The summed E-state index contributed by atoms with van der Waals surface area (Å²) in [5.74, 6) is 0.0241. The van der Waals surface area contributed by atoms with Crippen molar-refractivity contribution in [2.75, 3.05) is 13.1 Å². The number of carbonyl (C=O) groups is 2. The van der Waals surface area contributed by atoms with E-state index in [4.69, 9.17) is 16.3 Å². The lowest BCUT2D eigenvalue weighted by atomic mass is 10.0. The zero-order valence-corrected chi connectivity index (χ0v) is 24.5. The van der Waals surface area contributed by atoms with E-state index in [-0.39, 0.29) is 67.0 Å². The summed E-state index contributed by atoms with van der Waals surface area (Å²) in [4.78, 5) is 32.5. The molecule has 6 rings (SSSR count). The molecule has 0 spiro atoms. The van der Waals surface area contributed by atoms with Gasteiger partial charge in [0.2, 0.25) is 11.8 Å². The number of aromatic nitrogens is 1. The number of ether oxygens (including phenoxy) is 1. The quantitative estimate of drug-likeness (QED) is 0.365. The molecule has 2 aliphatic heterocycles. The van der Waals surface area contributed by atoms with Crippen molar-refractivity contribution in [3.05, 3.63) is 45.9 Å². The van der Waals surface area contributed by atoms with Crippen LogP contribution >= 0.6 is 47.8 Å². The fraction of sp³-hybridized carbons (Fsp3) is 0.444. The number of amides is 2. The third kappa shape index (κ3) is 4.48. The Morgan fingerprint density at radius 3 is 2.47 bits per heavy atom. The molecule has 0 bridgehead atoms. The van der Waals surface area contributed by atoms with Gasteiger partial charge >= 0.3 is 0 Å². The minimum absolute atomic E-state index is 0. The first-order chi connectivity index (χ1) is 17.0. The Morgan fingerprint density at radius 2 is 1.84 bits per heavy atom. The largest absolute Gasteiger partial charge is 0.485 e. The number of carbonyl (C=O) groups excluding carboxylic acids is 2. The van der Waals surface area contributed by atoms with Crippen molar-refractivity contribution in [3.63, 3.8) is 0 Å². The Morgan fingerprint density at radius 1 is 1.16 bits per heavy atom. The summed E-state index contributed by atoms with van der Waals surface area (Å²) < 4.78 is 22.2. The Balaban J connectivity index is 0.00000168. The SMILES string of the molecule is Cc1cc(Cl)cc(-c2ccnc3cc(CN4C(=O)C5C(C4=O)C5(C)C)sc23)c1OC1CNCC1(C)F.Cl.Cl. The van der Waals surface area contributed by atoms with Gasteiger partial charge in [0.25, 0.3) is 0 Å². The lowest BCUT2D eigenvalue weighted by molar-refractivity contribution is -0.143. The Kier molecular flexibility index (Phi) is 7.56. The zero-order valence-electron chi connectivity index (χ0n) is 21.3. The van der Waals surface area contributed by atoms with Crippen molar-refractivity contribution < 1.29 is 18.7 Å². The monoisotopic (exact) mass is 599 g/mol. The second-order valence-corrected chi connectivity index (χ2v) is 12.5. The van der Waals surface area contributed by atoms with Crippen LogP contribution in [0.15, 0.2) is 30.5 Å². The van der Waals surface area contributed by atoms with Crippen LogP contribution in [0.3, 0.4) is 0 Å². The molecule has 0 radical (unpaired) electrons. The van der Waals surface area contributed by atoms with Crippen LogP contribution in [-0.4, -0.2) is 46.6 Å². The van der Waals surface area contributed by atoms with Gasteiger partial charge in [-0.2, -0.15) is 0 Å². The van der Waals surface area contributed by atoms with Crippen LogP contribution in [0, 0.1) is 24.2 Å². The number of nitrogens with one attached hydrogen (secondary N) is 1. The predicted octanol–water partition coefficient (Wildman–Crippen LogP) is 5.99. The van der Waals surface area contributed by atoms with Crippen molar-refractivity contribution >= 4 is 69.8 Å². The summed E-state index contributed by atoms with van der Waals surface area (Å²) in [6.07, 6.45) is 1.09. The topological polar surface area (TPSA) is 71.5 Å². The highest BCUT2D eigenvalue weighted by Gasteiger charge is 2.72. The van der Waals surface area contributed by atoms with E-state index in [9.17, 15) is 9.59 Å². The van der Waals surface area contributed by atoms with Crippen LogP contribution < -0.4 is 10.1 Å². The maximum Gasteiger partial charge on any atom is 0.234 e. The molecule has 3 aromatic rings. The number of pyridine rings is 1. The van der Waals surface area contributed by atoms with Crippen LogP contribution in [0.4, 0.5) is 4.39 Å². The number of aryl methyl sites for hydroxylation is 1. The molecule has 3 fully saturated rings. The van der Waals surface area contributed by atoms with Crippen molar-refractivity contribution in [1.29, 1.82) is 0 Å². The van der Waals surface area contributed by atoms with E-state index in [2.05, 4.69) is 10.3 Å². The van der Waals surface area contributed by atoms with E-state index in [0.717, 1.165) is 31.8 Å². The molecule has 4 atom stereocenters. The van der Waals surface area contributed by atoms with Gasteiger partial charge in [-0.3, -0.25) is 19.5 Å². The summed E-state index contributed by atoms with van der Waals surface area (Å²) in [5.41, 5.74) is 1.49. The number of thiophene rings is 1. The Bertz CT molecular complexity index is 1420. The lowest BCUT2D eigenvalue weighted by Gasteiger charge is -2.25. The molecular formula is C27H29Cl3FN3O3S. The molecule has 3 aliphatic rings. The molecule has 204 valence electrons. The molecule has 2 saturated heterocycles. The standard InChI is InChI=1S/C27H27ClFN3O3S.2ClH/c1-13-7-14(28)8-17(22(13)35-19-10-30-12-27(19,4)29)16-5-6-31-18-9-15(36-23(16)18)11-32-24(33)20-21(25(32)34)26(20,2)3;;/h5-9,19-21,30H,10-12H2,1-4H3;2*1H. The molecule has 1 saturated carbocycles. The third-order valence-electron chi connectivity index (χ3n) is 7.93. The molecule has 6 nitrogen and oxygen atoms in total.